The summed E-state index contributed by atoms with van der Waals surface area (Å²) < 4.78 is 0. The number of H-pyrrole nitrogens is 1. The molecule has 3 aromatic rings. The van der Waals surface area contributed by atoms with E-state index >= 15 is 0 Å². The van der Waals surface area contributed by atoms with Crippen LogP contribution in [0.1, 0.15) is 49.5 Å². The number of nitrogens with one attached hydrogen (secondary N) is 2. The van der Waals surface area contributed by atoms with Crippen molar-refractivity contribution in [3.05, 3.63) is 59.9 Å². The molecule has 1 saturated carbocycles. The Morgan fingerprint density at radius 2 is 2.00 bits per heavy atom. The number of carbonyl (C=O) groups is 1. The first-order chi connectivity index (χ1) is 12.6. The summed E-state index contributed by atoms with van der Waals surface area (Å²) in [6.07, 6.45) is 3.69. The normalized spacial score (nSPS) is 16.8. The molecule has 1 aliphatic rings. The molecule has 2 atom stereocenters. The number of benzene rings is 2. The first kappa shape index (κ1) is 16.8. The lowest BCUT2D eigenvalue weighted by Crippen LogP contribution is -2.30. The van der Waals surface area contributed by atoms with Crippen LogP contribution in [-0.2, 0) is 4.79 Å². The van der Waals surface area contributed by atoms with Crippen LogP contribution < -0.4 is 11.1 Å². The standard InChI is InChI=1S/C21H24N4O/c1-13(19(22)14-6-3-2-4-7-14)21(26)23-16-10-11-17-18(12-16)25-20(24-17)15-8-5-9-15/h2-4,6-7,10-13,15,19H,5,8-9,22H2,1H3,(H,23,26)(H,24,25). The van der Waals surface area contributed by atoms with Crippen LogP contribution >= 0.6 is 0 Å². The fourth-order valence-corrected chi connectivity index (χ4v) is 3.37. The minimum atomic E-state index is -0.336. The van der Waals surface area contributed by atoms with Crippen molar-refractivity contribution in [1.82, 2.24) is 9.97 Å². The van der Waals surface area contributed by atoms with Gasteiger partial charge >= 0.3 is 0 Å². The molecule has 1 heterocycles. The molecule has 0 radical (unpaired) electrons. The Morgan fingerprint density at radius 3 is 2.69 bits per heavy atom. The van der Waals surface area contributed by atoms with E-state index < -0.39 is 0 Å². The molecule has 5 nitrogen and oxygen atoms in total. The van der Waals surface area contributed by atoms with Gasteiger partial charge in [0.05, 0.1) is 17.0 Å². The molecule has 0 saturated heterocycles. The van der Waals surface area contributed by atoms with Crippen molar-refractivity contribution in [1.29, 1.82) is 0 Å². The number of hydrogen-bond donors (Lipinski definition) is 3. The Hall–Kier alpha value is -2.66. The van der Waals surface area contributed by atoms with E-state index in [2.05, 4.69) is 15.3 Å². The summed E-state index contributed by atoms with van der Waals surface area (Å²) in [5.41, 5.74) is 9.90. The number of nitrogens with zero attached hydrogens (tertiary/aromatic N) is 1. The summed E-state index contributed by atoms with van der Waals surface area (Å²) in [5.74, 6) is 1.21. The number of nitrogens with two attached hydrogens (primary N) is 1. The van der Waals surface area contributed by atoms with Crippen molar-refractivity contribution < 1.29 is 4.79 Å². The third-order valence-electron chi connectivity index (χ3n) is 5.40. The molecule has 5 heteroatoms. The molecule has 1 aromatic heterocycles. The Labute approximate surface area is 153 Å². The zero-order chi connectivity index (χ0) is 18.1. The van der Waals surface area contributed by atoms with Gasteiger partial charge in [-0.25, -0.2) is 4.98 Å². The highest BCUT2D eigenvalue weighted by Crippen LogP contribution is 2.35. The second-order valence-corrected chi connectivity index (χ2v) is 7.20. The van der Waals surface area contributed by atoms with Crippen molar-refractivity contribution in [2.24, 2.45) is 11.7 Å². The number of hydrogen-bond acceptors (Lipinski definition) is 3. The summed E-state index contributed by atoms with van der Waals surface area (Å²) in [6, 6.07) is 15.2. The smallest absolute Gasteiger partial charge is 0.229 e. The largest absolute Gasteiger partial charge is 0.342 e. The number of amides is 1. The molecule has 134 valence electrons. The molecule has 4 rings (SSSR count). The van der Waals surface area contributed by atoms with Crippen molar-refractivity contribution >= 4 is 22.6 Å². The topological polar surface area (TPSA) is 83.8 Å². The molecule has 2 aromatic carbocycles. The Morgan fingerprint density at radius 1 is 1.23 bits per heavy atom. The first-order valence-corrected chi connectivity index (χ1v) is 9.23. The van der Waals surface area contributed by atoms with Gasteiger partial charge in [0.1, 0.15) is 5.82 Å². The minimum absolute atomic E-state index is 0.0839. The van der Waals surface area contributed by atoms with E-state index in [1.807, 2.05) is 55.5 Å². The highest BCUT2D eigenvalue weighted by molar-refractivity contribution is 5.94. The predicted octanol–water partition coefficient (Wildman–Crippen LogP) is 4.11. The average Bonchev–Trinajstić information content (AvgIpc) is 3.02. The number of rotatable bonds is 5. The van der Waals surface area contributed by atoms with Gasteiger partial charge < -0.3 is 16.0 Å². The summed E-state index contributed by atoms with van der Waals surface area (Å²) in [5, 5.41) is 2.98. The van der Waals surface area contributed by atoms with Crippen molar-refractivity contribution in [3.63, 3.8) is 0 Å². The summed E-state index contributed by atoms with van der Waals surface area (Å²) in [6.45, 7) is 1.86. The highest BCUT2D eigenvalue weighted by Gasteiger charge is 2.24. The number of carbonyl (C=O) groups excluding carboxylic acids is 1. The fourth-order valence-electron chi connectivity index (χ4n) is 3.37. The van der Waals surface area contributed by atoms with Crippen LogP contribution in [0.25, 0.3) is 11.0 Å². The van der Waals surface area contributed by atoms with E-state index in [1.54, 1.807) is 0 Å². The van der Waals surface area contributed by atoms with Gasteiger partial charge in [-0.2, -0.15) is 0 Å². The molecule has 2 unspecified atom stereocenters. The van der Waals surface area contributed by atoms with Gasteiger partial charge in [0.15, 0.2) is 0 Å². The molecular weight excluding hydrogens is 324 g/mol. The lowest BCUT2D eigenvalue weighted by atomic mass is 9.85. The quantitative estimate of drug-likeness (QED) is 0.649. The molecule has 0 aliphatic heterocycles. The Kier molecular flexibility index (Phi) is 4.47. The van der Waals surface area contributed by atoms with E-state index in [-0.39, 0.29) is 17.9 Å². The molecule has 26 heavy (non-hydrogen) atoms. The number of aromatic amines is 1. The monoisotopic (exact) mass is 348 g/mol. The molecule has 1 aliphatic carbocycles. The van der Waals surface area contributed by atoms with Crippen LogP contribution in [-0.4, -0.2) is 15.9 Å². The summed E-state index contributed by atoms with van der Waals surface area (Å²) in [7, 11) is 0. The molecular formula is C21H24N4O. The third-order valence-corrected chi connectivity index (χ3v) is 5.40. The van der Waals surface area contributed by atoms with Crippen molar-refractivity contribution in [3.8, 4) is 0 Å². The number of imidazole rings is 1. The second-order valence-electron chi connectivity index (χ2n) is 7.20. The van der Waals surface area contributed by atoms with Crippen LogP contribution in [0.4, 0.5) is 5.69 Å². The third kappa shape index (κ3) is 3.22. The van der Waals surface area contributed by atoms with Crippen LogP contribution in [0.15, 0.2) is 48.5 Å². The summed E-state index contributed by atoms with van der Waals surface area (Å²) >= 11 is 0. The van der Waals surface area contributed by atoms with Crippen molar-refractivity contribution in [2.75, 3.05) is 5.32 Å². The predicted molar refractivity (Wildman–Crippen MR) is 104 cm³/mol. The molecule has 0 spiro atoms. The van der Waals surface area contributed by atoms with Crippen LogP contribution in [0, 0.1) is 5.92 Å². The van der Waals surface area contributed by atoms with E-state index in [9.17, 15) is 4.79 Å². The zero-order valence-electron chi connectivity index (χ0n) is 14.9. The van der Waals surface area contributed by atoms with Gasteiger partial charge in [-0.05, 0) is 36.6 Å². The SMILES string of the molecule is CC(C(=O)Nc1ccc2nc(C3CCC3)[nH]c2c1)C(N)c1ccccc1. The maximum Gasteiger partial charge on any atom is 0.229 e. The number of aromatic nitrogens is 2. The summed E-state index contributed by atoms with van der Waals surface area (Å²) in [4.78, 5) is 20.7. The fraction of sp³-hybridized carbons (Fsp3) is 0.333. The zero-order valence-corrected chi connectivity index (χ0v) is 14.9. The lowest BCUT2D eigenvalue weighted by molar-refractivity contribution is -0.120. The number of anilines is 1. The van der Waals surface area contributed by atoms with Gasteiger partial charge in [0.2, 0.25) is 5.91 Å². The van der Waals surface area contributed by atoms with E-state index in [0.717, 1.165) is 28.1 Å². The molecule has 1 amide bonds. The van der Waals surface area contributed by atoms with Gasteiger partial charge in [0.25, 0.3) is 0 Å². The average molecular weight is 348 g/mol. The lowest BCUT2D eigenvalue weighted by Gasteiger charge is -2.22. The van der Waals surface area contributed by atoms with E-state index in [0.29, 0.717) is 5.92 Å². The molecule has 0 bridgehead atoms. The van der Waals surface area contributed by atoms with Crippen molar-refractivity contribution in [2.45, 2.75) is 38.1 Å². The van der Waals surface area contributed by atoms with Gasteiger partial charge in [-0.1, -0.05) is 43.7 Å². The second kappa shape index (κ2) is 6.92. The maximum absolute atomic E-state index is 12.6. The van der Waals surface area contributed by atoms with Crippen LogP contribution in [0.5, 0.6) is 0 Å². The molecule has 4 N–H and O–H groups in total. The number of fused-ring (bicyclic) bond motifs is 1. The highest BCUT2D eigenvalue weighted by atomic mass is 16.1. The van der Waals surface area contributed by atoms with Gasteiger partial charge in [-0.15, -0.1) is 0 Å². The minimum Gasteiger partial charge on any atom is -0.342 e. The van der Waals surface area contributed by atoms with Crippen LogP contribution in [0.3, 0.4) is 0 Å². The van der Waals surface area contributed by atoms with E-state index in [4.69, 9.17) is 5.73 Å². The molecule has 1 fully saturated rings. The van der Waals surface area contributed by atoms with E-state index in [1.165, 1.54) is 19.3 Å². The Balaban J connectivity index is 1.48. The Bertz CT molecular complexity index is 914. The van der Waals surface area contributed by atoms with Gasteiger partial charge in [-0.3, -0.25) is 4.79 Å². The maximum atomic E-state index is 12.6. The van der Waals surface area contributed by atoms with Crippen LogP contribution in [0.2, 0.25) is 0 Å². The van der Waals surface area contributed by atoms with Gasteiger partial charge in [0, 0.05) is 17.6 Å². The first-order valence-electron chi connectivity index (χ1n) is 9.23.